The highest BCUT2D eigenvalue weighted by Gasteiger charge is 2.21. The molecular formula is C8H11FN2. The number of aromatic nitrogens is 1. The van der Waals surface area contributed by atoms with E-state index in [-0.39, 0.29) is 5.82 Å². The molecule has 2 N–H and O–H groups in total. The summed E-state index contributed by atoms with van der Waals surface area (Å²) in [6, 6.07) is 3.31. The molecule has 1 aromatic heterocycles. The van der Waals surface area contributed by atoms with E-state index in [9.17, 15) is 4.39 Å². The van der Waals surface area contributed by atoms with E-state index < -0.39 is 5.67 Å². The first kappa shape index (κ1) is 7.98. The largest absolute Gasteiger partial charge is 0.383 e. The molecule has 0 aliphatic carbocycles. The number of halogens is 1. The van der Waals surface area contributed by atoms with Crippen molar-refractivity contribution in [2.24, 2.45) is 0 Å². The summed E-state index contributed by atoms with van der Waals surface area (Å²) in [5.41, 5.74) is 4.50. The van der Waals surface area contributed by atoms with Gasteiger partial charge in [0.2, 0.25) is 0 Å². The van der Waals surface area contributed by atoms with Crippen LogP contribution in [-0.4, -0.2) is 4.98 Å². The average Bonchev–Trinajstić information content (AvgIpc) is 1.86. The van der Waals surface area contributed by atoms with Crippen LogP contribution in [-0.2, 0) is 5.67 Å². The summed E-state index contributed by atoms with van der Waals surface area (Å²) in [6.45, 7) is 2.92. The van der Waals surface area contributed by atoms with Crippen molar-refractivity contribution >= 4 is 5.82 Å². The van der Waals surface area contributed by atoms with Crippen LogP contribution in [0.15, 0.2) is 18.3 Å². The highest BCUT2D eigenvalue weighted by molar-refractivity contribution is 5.41. The Morgan fingerprint density at radius 3 is 2.55 bits per heavy atom. The van der Waals surface area contributed by atoms with Crippen LogP contribution in [0.1, 0.15) is 19.4 Å². The van der Waals surface area contributed by atoms with Crippen LogP contribution in [0.4, 0.5) is 10.2 Å². The smallest absolute Gasteiger partial charge is 0.134 e. The summed E-state index contributed by atoms with van der Waals surface area (Å²) in [6.07, 6.45) is 1.55. The van der Waals surface area contributed by atoms with Gasteiger partial charge in [0.05, 0.1) is 0 Å². The third-order valence-corrected chi connectivity index (χ3v) is 1.48. The predicted molar refractivity (Wildman–Crippen MR) is 42.8 cm³/mol. The normalized spacial score (nSPS) is 11.5. The second-order valence-corrected chi connectivity index (χ2v) is 2.91. The van der Waals surface area contributed by atoms with E-state index >= 15 is 0 Å². The molecule has 1 rings (SSSR count). The number of rotatable bonds is 1. The topological polar surface area (TPSA) is 38.9 Å². The minimum atomic E-state index is -1.40. The zero-order chi connectivity index (χ0) is 8.48. The van der Waals surface area contributed by atoms with E-state index in [1.165, 1.54) is 13.8 Å². The SMILES string of the molecule is CC(C)(F)c1cccnc1N. The van der Waals surface area contributed by atoms with Crippen molar-refractivity contribution < 1.29 is 4.39 Å². The molecule has 2 nitrogen and oxygen atoms in total. The molecule has 0 aromatic carbocycles. The summed E-state index contributed by atoms with van der Waals surface area (Å²) in [4.78, 5) is 3.78. The summed E-state index contributed by atoms with van der Waals surface area (Å²) in [5.74, 6) is 0.264. The van der Waals surface area contributed by atoms with Crippen molar-refractivity contribution in [1.29, 1.82) is 0 Å². The first-order valence-corrected chi connectivity index (χ1v) is 3.41. The Kier molecular flexibility index (Phi) is 1.81. The van der Waals surface area contributed by atoms with Gasteiger partial charge in [0, 0.05) is 11.8 Å². The van der Waals surface area contributed by atoms with Crippen LogP contribution >= 0.6 is 0 Å². The molecular weight excluding hydrogens is 143 g/mol. The predicted octanol–water partition coefficient (Wildman–Crippen LogP) is 1.87. The van der Waals surface area contributed by atoms with E-state index in [0.717, 1.165) is 0 Å². The molecule has 1 heterocycles. The van der Waals surface area contributed by atoms with Gasteiger partial charge in [-0.25, -0.2) is 9.37 Å². The van der Waals surface area contributed by atoms with Gasteiger partial charge in [-0.15, -0.1) is 0 Å². The molecule has 60 valence electrons. The van der Waals surface area contributed by atoms with Crippen LogP contribution in [0.5, 0.6) is 0 Å². The van der Waals surface area contributed by atoms with Crippen LogP contribution in [0.2, 0.25) is 0 Å². The van der Waals surface area contributed by atoms with Gasteiger partial charge < -0.3 is 5.73 Å². The zero-order valence-corrected chi connectivity index (χ0v) is 6.63. The van der Waals surface area contributed by atoms with E-state index in [4.69, 9.17) is 5.73 Å². The molecule has 0 atom stereocenters. The Labute approximate surface area is 65.3 Å². The molecule has 0 radical (unpaired) electrons. The van der Waals surface area contributed by atoms with Crippen LogP contribution < -0.4 is 5.73 Å². The Morgan fingerprint density at radius 1 is 1.55 bits per heavy atom. The van der Waals surface area contributed by atoms with E-state index in [2.05, 4.69) is 4.98 Å². The Bertz CT molecular complexity index is 253. The molecule has 0 bridgehead atoms. The van der Waals surface area contributed by atoms with E-state index in [1.54, 1.807) is 18.3 Å². The van der Waals surface area contributed by atoms with Gasteiger partial charge in [-0.05, 0) is 19.9 Å². The summed E-state index contributed by atoms with van der Waals surface area (Å²) in [7, 11) is 0. The molecule has 3 heteroatoms. The lowest BCUT2D eigenvalue weighted by atomic mass is 10.0. The van der Waals surface area contributed by atoms with Crippen LogP contribution in [0.25, 0.3) is 0 Å². The highest BCUT2D eigenvalue weighted by atomic mass is 19.1. The lowest BCUT2D eigenvalue weighted by Gasteiger charge is -2.15. The van der Waals surface area contributed by atoms with Crippen molar-refractivity contribution in [1.82, 2.24) is 4.98 Å². The van der Waals surface area contributed by atoms with Gasteiger partial charge in [0.1, 0.15) is 11.5 Å². The van der Waals surface area contributed by atoms with Crippen molar-refractivity contribution in [3.05, 3.63) is 23.9 Å². The first-order chi connectivity index (χ1) is 5.02. The van der Waals surface area contributed by atoms with Crippen LogP contribution in [0, 0.1) is 0 Å². The van der Waals surface area contributed by atoms with Gasteiger partial charge in [-0.3, -0.25) is 0 Å². The minimum absolute atomic E-state index is 0.264. The number of nitrogen functional groups attached to an aromatic ring is 1. The second-order valence-electron chi connectivity index (χ2n) is 2.91. The molecule has 0 saturated carbocycles. The quantitative estimate of drug-likeness (QED) is 0.670. The van der Waals surface area contributed by atoms with Gasteiger partial charge in [-0.2, -0.15) is 0 Å². The standard InChI is InChI=1S/C8H11FN2/c1-8(2,9)6-4-3-5-11-7(6)10/h3-5H,1-2H3,(H2,10,11). The van der Waals surface area contributed by atoms with Crippen LogP contribution in [0.3, 0.4) is 0 Å². The lowest BCUT2D eigenvalue weighted by Crippen LogP contribution is -2.12. The molecule has 11 heavy (non-hydrogen) atoms. The zero-order valence-electron chi connectivity index (χ0n) is 6.63. The number of hydrogen-bond acceptors (Lipinski definition) is 2. The lowest BCUT2D eigenvalue weighted by molar-refractivity contribution is 0.222. The number of anilines is 1. The summed E-state index contributed by atoms with van der Waals surface area (Å²) in [5, 5.41) is 0. The summed E-state index contributed by atoms with van der Waals surface area (Å²) >= 11 is 0. The van der Waals surface area contributed by atoms with E-state index in [0.29, 0.717) is 5.56 Å². The number of hydrogen-bond donors (Lipinski definition) is 1. The molecule has 0 amide bonds. The third kappa shape index (κ3) is 1.67. The third-order valence-electron chi connectivity index (χ3n) is 1.48. The fraction of sp³-hybridized carbons (Fsp3) is 0.375. The molecule has 1 aromatic rings. The second kappa shape index (κ2) is 2.49. The highest BCUT2D eigenvalue weighted by Crippen LogP contribution is 2.27. The maximum atomic E-state index is 13.3. The Hall–Kier alpha value is -1.12. The van der Waals surface area contributed by atoms with Gasteiger partial charge in [-0.1, -0.05) is 6.07 Å². The Morgan fingerprint density at radius 2 is 2.18 bits per heavy atom. The molecule has 0 aliphatic rings. The fourth-order valence-electron chi connectivity index (χ4n) is 0.920. The first-order valence-electron chi connectivity index (χ1n) is 3.41. The Balaban J connectivity index is 3.14. The molecule has 0 aliphatic heterocycles. The summed E-state index contributed by atoms with van der Waals surface area (Å²) < 4.78 is 13.3. The van der Waals surface area contributed by atoms with Gasteiger partial charge in [0.25, 0.3) is 0 Å². The van der Waals surface area contributed by atoms with E-state index in [1.807, 2.05) is 0 Å². The molecule has 0 unspecified atom stereocenters. The number of alkyl halides is 1. The number of nitrogens with two attached hydrogens (primary N) is 1. The maximum Gasteiger partial charge on any atom is 0.134 e. The molecule has 0 saturated heterocycles. The minimum Gasteiger partial charge on any atom is -0.383 e. The number of pyridine rings is 1. The fourth-order valence-corrected chi connectivity index (χ4v) is 0.920. The van der Waals surface area contributed by atoms with Crippen molar-refractivity contribution in [2.75, 3.05) is 5.73 Å². The van der Waals surface area contributed by atoms with Crippen molar-refractivity contribution in [3.8, 4) is 0 Å². The molecule has 0 fully saturated rings. The van der Waals surface area contributed by atoms with Crippen molar-refractivity contribution in [3.63, 3.8) is 0 Å². The van der Waals surface area contributed by atoms with Gasteiger partial charge in [0.15, 0.2) is 0 Å². The van der Waals surface area contributed by atoms with Gasteiger partial charge >= 0.3 is 0 Å². The van der Waals surface area contributed by atoms with Crippen molar-refractivity contribution in [2.45, 2.75) is 19.5 Å². The maximum absolute atomic E-state index is 13.3. The monoisotopic (exact) mass is 154 g/mol. The molecule has 0 spiro atoms. The average molecular weight is 154 g/mol. The number of nitrogens with zero attached hydrogens (tertiary/aromatic N) is 1.